The number of nitrogens with one attached hydrogen (secondary N) is 1. The number of hydrogen-bond donors (Lipinski definition) is 2. The Morgan fingerprint density at radius 2 is 1.95 bits per heavy atom. The number of rotatable bonds is 3. The number of aromatic nitrogens is 2. The van der Waals surface area contributed by atoms with Crippen LogP contribution in [-0.4, -0.2) is 15.8 Å². The Hall–Kier alpha value is -2.95. The minimum atomic E-state index is -0.0168. The summed E-state index contributed by atoms with van der Waals surface area (Å²) in [7, 11) is 0. The zero-order valence-corrected chi connectivity index (χ0v) is 10.6. The average Bonchev–Trinajstić information content (AvgIpc) is 2.48. The molecular weight excluding hydrogens is 252 g/mol. The smallest absolute Gasteiger partial charge is 0.219 e. The van der Waals surface area contributed by atoms with E-state index in [1.165, 1.54) is 0 Å². The van der Waals surface area contributed by atoms with Crippen molar-refractivity contribution in [3.63, 3.8) is 0 Å². The molecule has 3 aromatic rings. The van der Waals surface area contributed by atoms with E-state index in [0.29, 0.717) is 17.2 Å². The SMILES string of the molecule is N=C(N)c1ccnc(Oc2cccc3ncccc23)c1. The predicted octanol–water partition coefficient (Wildman–Crippen LogP) is 2.71. The molecule has 0 atom stereocenters. The highest BCUT2D eigenvalue weighted by Crippen LogP contribution is 2.27. The maximum atomic E-state index is 7.43. The van der Waals surface area contributed by atoms with Gasteiger partial charge in [-0.2, -0.15) is 0 Å². The molecule has 0 unspecified atom stereocenters. The lowest BCUT2D eigenvalue weighted by Crippen LogP contribution is -2.11. The summed E-state index contributed by atoms with van der Waals surface area (Å²) in [6.07, 6.45) is 3.30. The van der Waals surface area contributed by atoms with E-state index in [9.17, 15) is 0 Å². The molecule has 0 fully saturated rings. The molecular formula is C15H12N4O. The van der Waals surface area contributed by atoms with Crippen molar-refractivity contribution in [2.75, 3.05) is 0 Å². The molecule has 0 aliphatic rings. The fourth-order valence-electron chi connectivity index (χ4n) is 1.91. The Kier molecular flexibility index (Phi) is 3.01. The maximum absolute atomic E-state index is 7.43. The van der Waals surface area contributed by atoms with E-state index >= 15 is 0 Å². The summed E-state index contributed by atoms with van der Waals surface area (Å²) in [5.41, 5.74) is 6.89. The molecule has 5 nitrogen and oxygen atoms in total. The molecule has 3 N–H and O–H groups in total. The molecule has 1 aromatic carbocycles. The van der Waals surface area contributed by atoms with E-state index in [0.717, 1.165) is 10.9 Å². The first-order valence-corrected chi connectivity index (χ1v) is 6.06. The van der Waals surface area contributed by atoms with Crippen molar-refractivity contribution in [2.24, 2.45) is 5.73 Å². The molecule has 0 saturated heterocycles. The standard InChI is InChI=1S/C15H12N4O/c16-15(17)10-6-8-19-14(9-10)20-13-5-1-4-12-11(13)3-2-7-18-12/h1-9H,(H3,16,17). The van der Waals surface area contributed by atoms with E-state index in [-0.39, 0.29) is 5.84 Å². The number of hydrogen-bond acceptors (Lipinski definition) is 4. The molecule has 0 aliphatic heterocycles. The van der Waals surface area contributed by atoms with Crippen molar-refractivity contribution in [1.82, 2.24) is 9.97 Å². The Morgan fingerprint density at radius 3 is 2.80 bits per heavy atom. The minimum absolute atomic E-state index is 0.0168. The first kappa shape index (κ1) is 12.1. The summed E-state index contributed by atoms with van der Waals surface area (Å²) in [4.78, 5) is 8.40. The quantitative estimate of drug-likeness (QED) is 0.562. The van der Waals surface area contributed by atoms with E-state index in [1.54, 1.807) is 24.5 Å². The van der Waals surface area contributed by atoms with Gasteiger partial charge in [0, 0.05) is 29.4 Å². The third-order valence-electron chi connectivity index (χ3n) is 2.87. The van der Waals surface area contributed by atoms with Crippen LogP contribution in [-0.2, 0) is 0 Å². The van der Waals surface area contributed by atoms with Gasteiger partial charge in [0.05, 0.1) is 5.52 Å². The number of nitrogen functional groups attached to an aromatic ring is 1. The normalized spacial score (nSPS) is 10.4. The van der Waals surface area contributed by atoms with Crippen LogP contribution >= 0.6 is 0 Å². The van der Waals surface area contributed by atoms with Crippen LogP contribution < -0.4 is 10.5 Å². The van der Waals surface area contributed by atoms with Gasteiger partial charge in [-0.05, 0) is 30.3 Å². The van der Waals surface area contributed by atoms with E-state index in [4.69, 9.17) is 15.9 Å². The first-order valence-electron chi connectivity index (χ1n) is 6.06. The Balaban J connectivity index is 2.01. The molecule has 20 heavy (non-hydrogen) atoms. The van der Waals surface area contributed by atoms with E-state index in [1.807, 2.05) is 30.3 Å². The second-order valence-corrected chi connectivity index (χ2v) is 4.22. The molecule has 2 aromatic heterocycles. The van der Waals surface area contributed by atoms with Gasteiger partial charge in [-0.3, -0.25) is 10.4 Å². The van der Waals surface area contributed by atoms with Gasteiger partial charge in [0.15, 0.2) is 0 Å². The molecule has 0 amide bonds. The maximum Gasteiger partial charge on any atom is 0.219 e. The van der Waals surface area contributed by atoms with Crippen molar-refractivity contribution in [3.05, 3.63) is 60.4 Å². The van der Waals surface area contributed by atoms with Gasteiger partial charge in [0.2, 0.25) is 5.88 Å². The lowest BCUT2D eigenvalue weighted by Gasteiger charge is -2.08. The second kappa shape index (κ2) is 4.97. The Morgan fingerprint density at radius 1 is 1.05 bits per heavy atom. The van der Waals surface area contributed by atoms with Crippen LogP contribution in [0.15, 0.2) is 54.9 Å². The van der Waals surface area contributed by atoms with Gasteiger partial charge in [0.25, 0.3) is 0 Å². The topological polar surface area (TPSA) is 84.9 Å². The van der Waals surface area contributed by atoms with Crippen LogP contribution in [0.5, 0.6) is 11.6 Å². The van der Waals surface area contributed by atoms with Crippen molar-refractivity contribution in [3.8, 4) is 11.6 Å². The highest BCUT2D eigenvalue weighted by atomic mass is 16.5. The van der Waals surface area contributed by atoms with Gasteiger partial charge in [0.1, 0.15) is 11.6 Å². The van der Waals surface area contributed by atoms with Gasteiger partial charge >= 0.3 is 0 Å². The summed E-state index contributed by atoms with van der Waals surface area (Å²) in [6.45, 7) is 0. The lowest BCUT2D eigenvalue weighted by molar-refractivity contribution is 0.468. The highest BCUT2D eigenvalue weighted by Gasteiger charge is 2.06. The van der Waals surface area contributed by atoms with Crippen molar-refractivity contribution < 1.29 is 4.74 Å². The zero-order valence-electron chi connectivity index (χ0n) is 10.6. The minimum Gasteiger partial charge on any atom is -0.438 e. The van der Waals surface area contributed by atoms with Gasteiger partial charge in [-0.15, -0.1) is 0 Å². The fourth-order valence-corrected chi connectivity index (χ4v) is 1.91. The number of benzene rings is 1. The van der Waals surface area contributed by atoms with Crippen LogP contribution in [0.1, 0.15) is 5.56 Å². The number of nitrogens with zero attached hydrogens (tertiary/aromatic N) is 2. The molecule has 0 radical (unpaired) electrons. The number of fused-ring (bicyclic) bond motifs is 1. The van der Waals surface area contributed by atoms with Crippen LogP contribution in [0, 0.1) is 5.41 Å². The number of ether oxygens (including phenoxy) is 1. The summed E-state index contributed by atoms with van der Waals surface area (Å²) in [5, 5.41) is 8.33. The Bertz CT molecular complexity index is 780. The molecule has 2 heterocycles. The number of amidine groups is 1. The van der Waals surface area contributed by atoms with Crippen LogP contribution in [0.4, 0.5) is 0 Å². The molecule has 98 valence electrons. The average molecular weight is 264 g/mol. The summed E-state index contributed by atoms with van der Waals surface area (Å²) < 4.78 is 5.78. The Labute approximate surface area is 115 Å². The molecule has 0 aliphatic carbocycles. The van der Waals surface area contributed by atoms with Crippen molar-refractivity contribution >= 4 is 16.7 Å². The number of nitrogens with two attached hydrogens (primary N) is 1. The van der Waals surface area contributed by atoms with Crippen LogP contribution in [0.3, 0.4) is 0 Å². The third kappa shape index (κ3) is 2.29. The number of pyridine rings is 2. The third-order valence-corrected chi connectivity index (χ3v) is 2.87. The summed E-state index contributed by atoms with van der Waals surface area (Å²) in [5.74, 6) is 1.05. The van der Waals surface area contributed by atoms with Gasteiger partial charge < -0.3 is 10.5 Å². The van der Waals surface area contributed by atoms with Crippen molar-refractivity contribution in [1.29, 1.82) is 5.41 Å². The fraction of sp³-hybridized carbons (Fsp3) is 0. The zero-order chi connectivity index (χ0) is 13.9. The molecule has 0 bridgehead atoms. The van der Waals surface area contributed by atoms with Crippen LogP contribution in [0.2, 0.25) is 0 Å². The van der Waals surface area contributed by atoms with Crippen molar-refractivity contribution in [2.45, 2.75) is 0 Å². The molecule has 0 saturated carbocycles. The highest BCUT2D eigenvalue weighted by molar-refractivity contribution is 5.95. The molecule has 0 spiro atoms. The second-order valence-electron chi connectivity index (χ2n) is 4.22. The summed E-state index contributed by atoms with van der Waals surface area (Å²) >= 11 is 0. The van der Waals surface area contributed by atoms with Gasteiger partial charge in [-0.1, -0.05) is 6.07 Å². The first-order chi connectivity index (χ1) is 9.74. The summed E-state index contributed by atoms with van der Waals surface area (Å²) in [6, 6.07) is 12.7. The molecule has 3 rings (SSSR count). The van der Waals surface area contributed by atoms with E-state index in [2.05, 4.69) is 9.97 Å². The molecule has 5 heteroatoms. The predicted molar refractivity (Wildman–Crippen MR) is 77.1 cm³/mol. The largest absolute Gasteiger partial charge is 0.438 e. The monoisotopic (exact) mass is 264 g/mol. The van der Waals surface area contributed by atoms with E-state index < -0.39 is 0 Å². The van der Waals surface area contributed by atoms with Gasteiger partial charge in [-0.25, -0.2) is 4.98 Å². The van der Waals surface area contributed by atoms with Crippen LogP contribution in [0.25, 0.3) is 10.9 Å². The lowest BCUT2D eigenvalue weighted by atomic mass is 10.2.